The highest BCUT2D eigenvalue weighted by molar-refractivity contribution is 5.67. The van der Waals surface area contributed by atoms with Crippen molar-refractivity contribution in [2.45, 2.75) is 26.2 Å². The minimum Gasteiger partial charge on any atom is -0.283 e. The highest BCUT2D eigenvalue weighted by atomic mass is 19.1. The molecule has 1 aliphatic rings. The molecule has 1 aliphatic heterocycles. The van der Waals surface area contributed by atoms with Gasteiger partial charge in [-0.1, -0.05) is 13.0 Å². The lowest BCUT2D eigenvalue weighted by atomic mass is 9.97. The smallest absolute Gasteiger partial charge is 0.137 e. The Balaban J connectivity index is 1.91. The summed E-state index contributed by atoms with van der Waals surface area (Å²) >= 11 is 0. The van der Waals surface area contributed by atoms with Crippen molar-refractivity contribution in [2.75, 3.05) is 0 Å². The van der Waals surface area contributed by atoms with E-state index in [0.717, 1.165) is 47.7 Å². The normalized spacial score (nSPS) is 12.8. The van der Waals surface area contributed by atoms with E-state index in [-0.39, 0.29) is 5.82 Å². The maximum atomic E-state index is 14.6. The fourth-order valence-electron chi connectivity index (χ4n) is 3.03. The number of halogens is 1. The third-order valence-corrected chi connectivity index (χ3v) is 4.11. The summed E-state index contributed by atoms with van der Waals surface area (Å²) in [7, 11) is 0. The maximum Gasteiger partial charge on any atom is 0.137 e. The largest absolute Gasteiger partial charge is 0.283 e. The monoisotopic (exact) mass is 294 g/mol. The average molecular weight is 294 g/mol. The summed E-state index contributed by atoms with van der Waals surface area (Å²) in [5.41, 5.74) is 3.39. The van der Waals surface area contributed by atoms with Crippen LogP contribution in [0.4, 0.5) is 4.39 Å². The van der Waals surface area contributed by atoms with E-state index in [9.17, 15) is 4.39 Å². The molecule has 0 unspecified atom stereocenters. The second kappa shape index (κ2) is 5.02. The molecule has 0 bridgehead atoms. The van der Waals surface area contributed by atoms with Crippen molar-refractivity contribution in [3.8, 4) is 16.8 Å². The molecule has 0 saturated heterocycles. The van der Waals surface area contributed by atoms with E-state index < -0.39 is 0 Å². The van der Waals surface area contributed by atoms with Gasteiger partial charge in [0.25, 0.3) is 0 Å². The molecule has 0 N–H and O–H groups in total. The van der Waals surface area contributed by atoms with Gasteiger partial charge >= 0.3 is 0 Å². The predicted molar refractivity (Wildman–Crippen MR) is 81.3 cm³/mol. The molecule has 0 fully saturated rings. The molecule has 0 radical (unpaired) electrons. The van der Waals surface area contributed by atoms with Crippen LogP contribution in [0.1, 0.15) is 24.1 Å². The molecule has 0 aliphatic carbocycles. The van der Waals surface area contributed by atoms with Gasteiger partial charge in [0.1, 0.15) is 17.5 Å². The topological polar surface area (TPSA) is 43.6 Å². The molecule has 22 heavy (non-hydrogen) atoms. The van der Waals surface area contributed by atoms with Gasteiger partial charge in [-0.15, -0.1) is 10.2 Å². The van der Waals surface area contributed by atoms with Crippen LogP contribution in [0.25, 0.3) is 16.8 Å². The molecule has 4 nitrogen and oxygen atoms in total. The Morgan fingerprint density at radius 1 is 1.23 bits per heavy atom. The summed E-state index contributed by atoms with van der Waals surface area (Å²) in [6.45, 7) is 2.03. The van der Waals surface area contributed by atoms with Gasteiger partial charge in [-0.25, -0.2) is 4.39 Å². The van der Waals surface area contributed by atoms with Crippen molar-refractivity contribution in [1.29, 1.82) is 0 Å². The number of aromatic nitrogens is 4. The van der Waals surface area contributed by atoms with E-state index in [2.05, 4.69) is 15.2 Å². The van der Waals surface area contributed by atoms with E-state index in [4.69, 9.17) is 0 Å². The standard InChI is InChI=1S/C17H15FN4/c1-2-16-20-21-17-6-5-11-8-13(12-4-3-7-19-10-12)14(18)9-15(11)22(16)17/h3-4,7-10H,2,5-6H2,1H3. The Labute approximate surface area is 127 Å². The Morgan fingerprint density at radius 3 is 2.91 bits per heavy atom. The van der Waals surface area contributed by atoms with Gasteiger partial charge in [0.15, 0.2) is 0 Å². The van der Waals surface area contributed by atoms with Crippen LogP contribution in [0.5, 0.6) is 0 Å². The lowest BCUT2D eigenvalue weighted by Crippen LogP contribution is -2.15. The van der Waals surface area contributed by atoms with Crippen molar-refractivity contribution < 1.29 is 4.39 Å². The third kappa shape index (κ3) is 1.93. The summed E-state index contributed by atoms with van der Waals surface area (Å²) in [6.07, 6.45) is 5.84. The van der Waals surface area contributed by atoms with Crippen LogP contribution >= 0.6 is 0 Å². The van der Waals surface area contributed by atoms with Gasteiger partial charge in [-0.05, 0) is 30.2 Å². The van der Waals surface area contributed by atoms with Gasteiger partial charge in [-0.3, -0.25) is 9.55 Å². The summed E-state index contributed by atoms with van der Waals surface area (Å²) in [6, 6.07) is 7.23. The zero-order valence-electron chi connectivity index (χ0n) is 12.3. The molecule has 0 atom stereocenters. The Kier molecular flexibility index (Phi) is 2.99. The summed E-state index contributed by atoms with van der Waals surface area (Å²) in [4.78, 5) is 4.08. The first-order chi connectivity index (χ1) is 10.8. The molecule has 0 spiro atoms. The zero-order chi connectivity index (χ0) is 15.1. The van der Waals surface area contributed by atoms with Gasteiger partial charge in [-0.2, -0.15) is 0 Å². The highest BCUT2D eigenvalue weighted by Crippen LogP contribution is 2.32. The van der Waals surface area contributed by atoms with E-state index >= 15 is 0 Å². The number of fused-ring (bicyclic) bond motifs is 3. The first-order valence-electron chi connectivity index (χ1n) is 7.44. The summed E-state index contributed by atoms with van der Waals surface area (Å²) < 4.78 is 16.6. The number of nitrogens with zero attached hydrogens (tertiary/aromatic N) is 4. The number of hydrogen-bond donors (Lipinski definition) is 0. The number of aryl methyl sites for hydroxylation is 3. The van der Waals surface area contributed by atoms with Gasteiger partial charge in [0.2, 0.25) is 0 Å². The molecular formula is C17H15FN4. The Bertz CT molecular complexity index is 826. The molecule has 3 aromatic rings. The predicted octanol–water partition coefficient (Wildman–Crippen LogP) is 3.13. The molecule has 4 rings (SSSR count). The number of rotatable bonds is 2. The van der Waals surface area contributed by atoms with Gasteiger partial charge < -0.3 is 0 Å². The maximum absolute atomic E-state index is 14.6. The fourth-order valence-corrected chi connectivity index (χ4v) is 3.03. The first kappa shape index (κ1) is 13.1. The molecule has 110 valence electrons. The minimum atomic E-state index is -0.240. The Hall–Kier alpha value is -2.56. The van der Waals surface area contributed by atoms with Crippen molar-refractivity contribution in [1.82, 2.24) is 19.7 Å². The second-order valence-electron chi connectivity index (χ2n) is 5.42. The SMILES string of the molecule is CCc1nnc2n1-c1cc(F)c(-c3cccnc3)cc1CC2. The molecule has 2 aromatic heterocycles. The van der Waals surface area contributed by atoms with E-state index in [1.165, 1.54) is 0 Å². The van der Waals surface area contributed by atoms with Crippen LogP contribution in [0.2, 0.25) is 0 Å². The average Bonchev–Trinajstić information content (AvgIpc) is 2.98. The van der Waals surface area contributed by atoms with Gasteiger partial charge in [0.05, 0.1) is 5.69 Å². The van der Waals surface area contributed by atoms with E-state index in [1.54, 1.807) is 18.5 Å². The number of pyridine rings is 1. The second-order valence-corrected chi connectivity index (χ2v) is 5.42. The Morgan fingerprint density at radius 2 is 2.14 bits per heavy atom. The lowest BCUT2D eigenvalue weighted by molar-refractivity contribution is 0.625. The lowest BCUT2D eigenvalue weighted by Gasteiger charge is -2.20. The van der Waals surface area contributed by atoms with E-state index in [0.29, 0.717) is 5.56 Å². The minimum absolute atomic E-state index is 0.240. The number of hydrogen-bond acceptors (Lipinski definition) is 3. The molecular weight excluding hydrogens is 279 g/mol. The van der Waals surface area contributed by atoms with Crippen molar-refractivity contribution in [3.05, 3.63) is 59.7 Å². The summed E-state index contributed by atoms with van der Waals surface area (Å²) in [5, 5.41) is 8.42. The summed E-state index contributed by atoms with van der Waals surface area (Å²) in [5.74, 6) is 1.55. The van der Waals surface area contributed by atoms with Crippen LogP contribution in [-0.4, -0.2) is 19.7 Å². The molecule has 5 heteroatoms. The highest BCUT2D eigenvalue weighted by Gasteiger charge is 2.22. The fraction of sp³-hybridized carbons (Fsp3) is 0.235. The quantitative estimate of drug-likeness (QED) is 0.729. The van der Waals surface area contributed by atoms with Crippen LogP contribution in [0.3, 0.4) is 0 Å². The van der Waals surface area contributed by atoms with Gasteiger partial charge in [0, 0.05) is 36.4 Å². The number of benzene rings is 1. The van der Waals surface area contributed by atoms with Crippen LogP contribution in [0, 0.1) is 5.82 Å². The zero-order valence-corrected chi connectivity index (χ0v) is 12.3. The molecule has 0 saturated carbocycles. The van der Waals surface area contributed by atoms with Crippen molar-refractivity contribution in [3.63, 3.8) is 0 Å². The molecule has 3 heterocycles. The van der Waals surface area contributed by atoms with Crippen molar-refractivity contribution in [2.24, 2.45) is 0 Å². The molecule has 1 aromatic carbocycles. The van der Waals surface area contributed by atoms with Crippen LogP contribution in [-0.2, 0) is 19.3 Å². The molecule has 0 amide bonds. The van der Waals surface area contributed by atoms with E-state index in [1.807, 2.05) is 29.7 Å². The first-order valence-corrected chi connectivity index (χ1v) is 7.44. The third-order valence-electron chi connectivity index (χ3n) is 4.11. The van der Waals surface area contributed by atoms with Crippen LogP contribution in [0.15, 0.2) is 36.7 Å². The van der Waals surface area contributed by atoms with Crippen molar-refractivity contribution >= 4 is 0 Å². The van der Waals surface area contributed by atoms with Crippen LogP contribution < -0.4 is 0 Å².